The summed E-state index contributed by atoms with van der Waals surface area (Å²) in [6.07, 6.45) is -0.715. The number of rotatable bonds is 7. The normalized spacial score (nSPS) is 12.5. The summed E-state index contributed by atoms with van der Waals surface area (Å²) >= 11 is 6.07. The van der Waals surface area contributed by atoms with E-state index in [4.69, 9.17) is 16.3 Å². The summed E-state index contributed by atoms with van der Waals surface area (Å²) in [5.74, 6) is -0.374. The number of aliphatic hydroxyl groups is 1. The lowest BCUT2D eigenvalue weighted by Gasteiger charge is -2.20. The number of halogens is 1. The Kier molecular flexibility index (Phi) is 6.84. The van der Waals surface area contributed by atoms with E-state index < -0.39 is 6.10 Å². The fourth-order valence-corrected chi connectivity index (χ4v) is 2.01. The van der Waals surface area contributed by atoms with Gasteiger partial charge in [0, 0.05) is 18.1 Å². The van der Waals surface area contributed by atoms with Crippen molar-refractivity contribution in [2.45, 2.75) is 26.0 Å². The zero-order chi connectivity index (χ0) is 14.3. The molecule has 0 saturated carbocycles. The highest BCUT2D eigenvalue weighted by Crippen LogP contribution is 2.16. The molecule has 1 aromatic carbocycles. The predicted molar refractivity (Wildman–Crippen MR) is 75.0 cm³/mol. The second kappa shape index (κ2) is 8.15. The van der Waals surface area contributed by atoms with Crippen LogP contribution in [-0.2, 0) is 16.1 Å². The number of likely N-dealkylation sites (N-methyl/N-ethyl adjacent to an activating group) is 1. The molecule has 0 heterocycles. The molecule has 19 heavy (non-hydrogen) atoms. The largest absolute Gasteiger partial charge is 0.466 e. The number of esters is 1. The lowest BCUT2D eigenvalue weighted by atomic mass is 10.2. The number of aliphatic hydroxyl groups excluding tert-OH is 1. The Hall–Kier alpha value is -1.10. The summed E-state index contributed by atoms with van der Waals surface area (Å²) in [6.45, 7) is 3.10. The van der Waals surface area contributed by atoms with Crippen molar-refractivity contribution in [1.82, 2.24) is 4.90 Å². The first-order valence-corrected chi connectivity index (χ1v) is 6.66. The number of carbonyl (C=O) groups is 1. The average Bonchev–Trinajstić information content (AvgIpc) is 2.31. The van der Waals surface area contributed by atoms with Crippen LogP contribution in [0, 0.1) is 0 Å². The summed E-state index contributed by atoms with van der Waals surface area (Å²) in [7, 11) is 1.87. The van der Waals surface area contributed by atoms with Crippen molar-refractivity contribution >= 4 is 17.6 Å². The SMILES string of the molecule is CCOC(=O)CC(O)CN(C)Cc1ccccc1Cl. The summed E-state index contributed by atoms with van der Waals surface area (Å²) < 4.78 is 4.79. The van der Waals surface area contributed by atoms with Gasteiger partial charge >= 0.3 is 5.97 Å². The molecule has 0 aliphatic carbocycles. The molecule has 4 nitrogen and oxygen atoms in total. The molecule has 1 N–H and O–H groups in total. The van der Waals surface area contributed by atoms with E-state index in [9.17, 15) is 9.90 Å². The molecule has 1 atom stereocenters. The zero-order valence-electron chi connectivity index (χ0n) is 11.3. The van der Waals surface area contributed by atoms with Gasteiger partial charge < -0.3 is 9.84 Å². The lowest BCUT2D eigenvalue weighted by molar-refractivity contribution is -0.145. The minimum atomic E-state index is -0.730. The number of nitrogens with zero attached hydrogens (tertiary/aromatic N) is 1. The molecule has 0 aliphatic heterocycles. The second-order valence-electron chi connectivity index (χ2n) is 4.45. The van der Waals surface area contributed by atoms with Gasteiger partial charge in [0.2, 0.25) is 0 Å². The summed E-state index contributed by atoms with van der Waals surface area (Å²) in [4.78, 5) is 13.1. The molecule has 1 unspecified atom stereocenters. The van der Waals surface area contributed by atoms with Crippen LogP contribution in [-0.4, -0.2) is 42.3 Å². The molecule has 0 radical (unpaired) electrons. The van der Waals surface area contributed by atoms with Crippen molar-refractivity contribution in [3.63, 3.8) is 0 Å². The molecular formula is C14H20ClNO3. The first-order chi connectivity index (χ1) is 9.02. The molecule has 0 bridgehead atoms. The van der Waals surface area contributed by atoms with Gasteiger partial charge in [-0.3, -0.25) is 9.69 Å². The fourth-order valence-electron chi connectivity index (χ4n) is 1.82. The number of benzene rings is 1. The van der Waals surface area contributed by atoms with Crippen molar-refractivity contribution in [2.24, 2.45) is 0 Å². The average molecular weight is 286 g/mol. The Labute approximate surface area is 118 Å². The van der Waals surface area contributed by atoms with Crippen molar-refractivity contribution in [2.75, 3.05) is 20.2 Å². The van der Waals surface area contributed by atoms with Gasteiger partial charge in [0.05, 0.1) is 19.1 Å². The quantitative estimate of drug-likeness (QED) is 0.780. The molecule has 1 aromatic rings. The van der Waals surface area contributed by atoms with Crippen molar-refractivity contribution in [3.8, 4) is 0 Å². The Morgan fingerprint density at radius 3 is 2.79 bits per heavy atom. The molecule has 0 amide bonds. The van der Waals surface area contributed by atoms with Gasteiger partial charge in [-0.2, -0.15) is 0 Å². The minimum absolute atomic E-state index is 0.0146. The van der Waals surface area contributed by atoms with Crippen LogP contribution in [0.5, 0.6) is 0 Å². The van der Waals surface area contributed by atoms with E-state index in [0.29, 0.717) is 24.7 Å². The molecular weight excluding hydrogens is 266 g/mol. The van der Waals surface area contributed by atoms with Crippen molar-refractivity contribution < 1.29 is 14.6 Å². The molecule has 0 fully saturated rings. The van der Waals surface area contributed by atoms with E-state index in [1.165, 1.54) is 0 Å². The van der Waals surface area contributed by atoms with Gasteiger partial charge in [-0.05, 0) is 25.6 Å². The van der Waals surface area contributed by atoms with Crippen molar-refractivity contribution in [1.29, 1.82) is 0 Å². The van der Waals surface area contributed by atoms with Crippen LogP contribution in [0.2, 0.25) is 5.02 Å². The maximum atomic E-state index is 11.2. The molecule has 0 aromatic heterocycles. The number of hydrogen-bond acceptors (Lipinski definition) is 4. The highest BCUT2D eigenvalue weighted by atomic mass is 35.5. The van der Waals surface area contributed by atoms with E-state index in [2.05, 4.69) is 0 Å². The number of carbonyl (C=O) groups excluding carboxylic acids is 1. The van der Waals surface area contributed by atoms with Gasteiger partial charge in [0.1, 0.15) is 0 Å². The number of ether oxygens (including phenoxy) is 1. The van der Waals surface area contributed by atoms with E-state index in [1.807, 2.05) is 36.2 Å². The molecule has 1 rings (SSSR count). The van der Waals surface area contributed by atoms with Gasteiger partial charge in [0.25, 0.3) is 0 Å². The van der Waals surface area contributed by atoms with Crippen molar-refractivity contribution in [3.05, 3.63) is 34.9 Å². The molecule has 0 spiro atoms. The fraction of sp³-hybridized carbons (Fsp3) is 0.500. The van der Waals surface area contributed by atoms with E-state index in [0.717, 1.165) is 5.56 Å². The van der Waals surface area contributed by atoms with E-state index in [1.54, 1.807) is 6.92 Å². The zero-order valence-corrected chi connectivity index (χ0v) is 12.1. The topological polar surface area (TPSA) is 49.8 Å². The standard InChI is InChI=1S/C14H20ClNO3/c1-3-19-14(18)8-12(17)10-16(2)9-11-6-4-5-7-13(11)15/h4-7,12,17H,3,8-10H2,1-2H3. The Balaban J connectivity index is 2.40. The van der Waals surface area contributed by atoms with Crippen LogP contribution in [0.15, 0.2) is 24.3 Å². The molecule has 0 saturated heterocycles. The molecule has 5 heteroatoms. The van der Waals surface area contributed by atoms with Crippen LogP contribution in [0.1, 0.15) is 18.9 Å². The smallest absolute Gasteiger partial charge is 0.308 e. The van der Waals surface area contributed by atoms with Gasteiger partial charge in [-0.1, -0.05) is 29.8 Å². The Morgan fingerprint density at radius 1 is 1.47 bits per heavy atom. The highest BCUT2D eigenvalue weighted by Gasteiger charge is 2.14. The van der Waals surface area contributed by atoms with Crippen LogP contribution in [0.25, 0.3) is 0 Å². The first kappa shape index (κ1) is 16.0. The van der Waals surface area contributed by atoms with Crippen LogP contribution in [0.4, 0.5) is 0 Å². The second-order valence-corrected chi connectivity index (χ2v) is 4.86. The maximum absolute atomic E-state index is 11.2. The van der Waals surface area contributed by atoms with Gasteiger partial charge in [-0.25, -0.2) is 0 Å². The predicted octanol–water partition coefficient (Wildman–Crippen LogP) is 2.09. The van der Waals surface area contributed by atoms with Gasteiger partial charge in [0.15, 0.2) is 0 Å². The molecule has 106 valence electrons. The third-order valence-electron chi connectivity index (χ3n) is 2.63. The third kappa shape index (κ3) is 6.05. The van der Waals surface area contributed by atoms with E-state index in [-0.39, 0.29) is 12.4 Å². The monoisotopic (exact) mass is 285 g/mol. The Morgan fingerprint density at radius 2 is 2.16 bits per heavy atom. The maximum Gasteiger partial charge on any atom is 0.308 e. The first-order valence-electron chi connectivity index (χ1n) is 6.28. The lowest BCUT2D eigenvalue weighted by Crippen LogP contribution is -2.31. The van der Waals surface area contributed by atoms with Crippen LogP contribution < -0.4 is 0 Å². The van der Waals surface area contributed by atoms with E-state index >= 15 is 0 Å². The number of hydrogen-bond donors (Lipinski definition) is 1. The summed E-state index contributed by atoms with van der Waals surface area (Å²) in [5.41, 5.74) is 0.995. The summed E-state index contributed by atoms with van der Waals surface area (Å²) in [6, 6.07) is 7.57. The van der Waals surface area contributed by atoms with Gasteiger partial charge in [-0.15, -0.1) is 0 Å². The Bertz CT molecular complexity index is 411. The van der Waals surface area contributed by atoms with Crippen LogP contribution >= 0.6 is 11.6 Å². The third-order valence-corrected chi connectivity index (χ3v) is 3.00. The molecule has 0 aliphatic rings. The summed E-state index contributed by atoms with van der Waals surface area (Å²) in [5, 5.41) is 10.5. The van der Waals surface area contributed by atoms with Crippen LogP contribution in [0.3, 0.4) is 0 Å². The minimum Gasteiger partial charge on any atom is -0.466 e. The highest BCUT2D eigenvalue weighted by molar-refractivity contribution is 6.31.